The molecule has 0 radical (unpaired) electrons. The van der Waals surface area contributed by atoms with E-state index >= 15 is 0 Å². The third-order valence-corrected chi connectivity index (χ3v) is 3.20. The Balaban J connectivity index is 2.46. The summed E-state index contributed by atoms with van der Waals surface area (Å²) in [4.78, 5) is 4.37. The van der Waals surface area contributed by atoms with Gasteiger partial charge in [-0.3, -0.25) is 0 Å². The molecule has 0 saturated heterocycles. The zero-order chi connectivity index (χ0) is 12.4. The second kappa shape index (κ2) is 4.90. The molecule has 3 nitrogen and oxygen atoms in total. The van der Waals surface area contributed by atoms with E-state index < -0.39 is 0 Å². The van der Waals surface area contributed by atoms with Gasteiger partial charge in [-0.2, -0.15) is 0 Å². The Morgan fingerprint density at radius 1 is 1.41 bits per heavy atom. The maximum Gasteiger partial charge on any atom is 0.130 e. The van der Waals surface area contributed by atoms with Crippen LogP contribution in [0.3, 0.4) is 0 Å². The first-order valence-electron chi connectivity index (χ1n) is 5.54. The predicted molar refractivity (Wildman–Crippen MR) is 70.3 cm³/mol. The molecule has 1 aromatic heterocycles. The van der Waals surface area contributed by atoms with Crippen molar-refractivity contribution in [2.75, 3.05) is 7.05 Å². The van der Waals surface area contributed by atoms with Gasteiger partial charge in [0.2, 0.25) is 0 Å². The second-order valence-electron chi connectivity index (χ2n) is 4.14. The summed E-state index contributed by atoms with van der Waals surface area (Å²) in [6.07, 6.45) is 3.73. The Labute approximate surface area is 106 Å². The van der Waals surface area contributed by atoms with E-state index in [9.17, 15) is 0 Å². The molecular formula is C13H16ClN3. The third-order valence-electron chi connectivity index (χ3n) is 2.87. The van der Waals surface area contributed by atoms with Crippen molar-refractivity contribution in [3.63, 3.8) is 0 Å². The fourth-order valence-corrected chi connectivity index (χ4v) is 2.29. The monoisotopic (exact) mass is 249 g/mol. The van der Waals surface area contributed by atoms with E-state index in [-0.39, 0.29) is 6.04 Å². The molecule has 1 atom stereocenters. The minimum absolute atomic E-state index is 0.0168. The Hall–Kier alpha value is -1.32. The number of halogens is 1. The van der Waals surface area contributed by atoms with E-state index in [2.05, 4.69) is 16.4 Å². The molecule has 2 aromatic rings. The van der Waals surface area contributed by atoms with E-state index in [1.807, 2.05) is 43.9 Å². The Morgan fingerprint density at radius 2 is 2.18 bits per heavy atom. The van der Waals surface area contributed by atoms with Gasteiger partial charge >= 0.3 is 0 Å². The fourth-order valence-electron chi connectivity index (χ4n) is 1.95. The molecule has 0 aliphatic carbocycles. The van der Waals surface area contributed by atoms with Crippen molar-refractivity contribution in [3.8, 4) is 0 Å². The van der Waals surface area contributed by atoms with Gasteiger partial charge in [0.15, 0.2) is 0 Å². The van der Waals surface area contributed by atoms with E-state index in [4.69, 9.17) is 11.6 Å². The summed E-state index contributed by atoms with van der Waals surface area (Å²) in [5.74, 6) is 0.957. The van der Waals surface area contributed by atoms with Gasteiger partial charge in [0.1, 0.15) is 5.82 Å². The average Bonchev–Trinajstić information content (AvgIpc) is 2.69. The standard InChI is InChI=1S/C13H16ClN3/c1-9-4-5-10(11(14)8-9)12(15-2)13-16-6-7-17(13)3/h4-8,12,15H,1-3H3. The molecule has 1 unspecified atom stereocenters. The molecule has 0 fully saturated rings. The summed E-state index contributed by atoms with van der Waals surface area (Å²) in [6.45, 7) is 2.03. The van der Waals surface area contributed by atoms with Crippen LogP contribution in [-0.2, 0) is 7.05 Å². The summed E-state index contributed by atoms with van der Waals surface area (Å²) in [6, 6.07) is 6.11. The third kappa shape index (κ3) is 2.35. The molecule has 2 rings (SSSR count). The first-order valence-corrected chi connectivity index (χ1v) is 5.92. The molecule has 0 spiro atoms. The Bertz CT molecular complexity index is 519. The van der Waals surface area contributed by atoms with Gasteiger partial charge in [-0.05, 0) is 31.2 Å². The van der Waals surface area contributed by atoms with Gasteiger partial charge in [0.25, 0.3) is 0 Å². The minimum Gasteiger partial charge on any atom is -0.336 e. The van der Waals surface area contributed by atoms with Crippen LogP contribution in [0.15, 0.2) is 30.6 Å². The number of rotatable bonds is 3. The van der Waals surface area contributed by atoms with Crippen LogP contribution in [0, 0.1) is 6.92 Å². The lowest BCUT2D eigenvalue weighted by atomic mass is 10.0. The number of nitrogens with one attached hydrogen (secondary N) is 1. The van der Waals surface area contributed by atoms with Crippen LogP contribution in [0.2, 0.25) is 5.02 Å². The molecule has 1 N–H and O–H groups in total. The average molecular weight is 250 g/mol. The first-order chi connectivity index (χ1) is 8.13. The molecular weight excluding hydrogens is 234 g/mol. The number of hydrogen-bond donors (Lipinski definition) is 1. The SMILES string of the molecule is CNC(c1ccc(C)cc1Cl)c1nccn1C. The van der Waals surface area contributed by atoms with Crippen molar-refractivity contribution in [3.05, 3.63) is 52.6 Å². The molecule has 4 heteroatoms. The number of hydrogen-bond acceptors (Lipinski definition) is 2. The zero-order valence-corrected chi connectivity index (χ0v) is 11.0. The zero-order valence-electron chi connectivity index (χ0n) is 10.2. The fraction of sp³-hybridized carbons (Fsp3) is 0.308. The Morgan fingerprint density at radius 3 is 2.71 bits per heavy atom. The van der Waals surface area contributed by atoms with Crippen molar-refractivity contribution >= 4 is 11.6 Å². The normalized spacial score (nSPS) is 12.7. The smallest absolute Gasteiger partial charge is 0.130 e. The summed E-state index contributed by atoms with van der Waals surface area (Å²) in [5, 5.41) is 4.02. The second-order valence-corrected chi connectivity index (χ2v) is 4.55. The van der Waals surface area contributed by atoms with Crippen molar-refractivity contribution in [2.24, 2.45) is 7.05 Å². The van der Waals surface area contributed by atoms with E-state index in [1.165, 1.54) is 0 Å². The van der Waals surface area contributed by atoms with Crippen LogP contribution < -0.4 is 5.32 Å². The highest BCUT2D eigenvalue weighted by Gasteiger charge is 2.18. The number of aromatic nitrogens is 2. The van der Waals surface area contributed by atoms with Crippen molar-refractivity contribution in [1.82, 2.24) is 14.9 Å². The van der Waals surface area contributed by atoms with E-state index in [1.54, 1.807) is 6.20 Å². The Kier molecular flexibility index (Phi) is 3.50. The van der Waals surface area contributed by atoms with Crippen LogP contribution >= 0.6 is 11.6 Å². The summed E-state index contributed by atoms with van der Waals surface area (Å²) in [7, 11) is 3.89. The predicted octanol–water partition coefficient (Wildman–Crippen LogP) is 2.69. The molecule has 17 heavy (non-hydrogen) atoms. The summed E-state index contributed by atoms with van der Waals surface area (Å²) >= 11 is 6.30. The number of nitrogens with zero attached hydrogens (tertiary/aromatic N) is 2. The van der Waals surface area contributed by atoms with Crippen LogP contribution in [0.4, 0.5) is 0 Å². The highest BCUT2D eigenvalue weighted by atomic mass is 35.5. The van der Waals surface area contributed by atoms with Gasteiger partial charge in [0, 0.05) is 24.5 Å². The maximum atomic E-state index is 6.30. The highest BCUT2D eigenvalue weighted by Crippen LogP contribution is 2.27. The molecule has 0 saturated carbocycles. The van der Waals surface area contributed by atoms with Gasteiger partial charge in [-0.1, -0.05) is 23.7 Å². The van der Waals surface area contributed by atoms with Crippen LogP contribution in [0.25, 0.3) is 0 Å². The molecule has 0 amide bonds. The van der Waals surface area contributed by atoms with E-state index in [0.29, 0.717) is 0 Å². The lowest BCUT2D eigenvalue weighted by molar-refractivity contribution is 0.617. The first kappa shape index (κ1) is 12.1. The minimum atomic E-state index is 0.0168. The lowest BCUT2D eigenvalue weighted by Crippen LogP contribution is -2.21. The van der Waals surface area contributed by atoms with Gasteiger partial charge < -0.3 is 9.88 Å². The quantitative estimate of drug-likeness (QED) is 0.907. The molecule has 0 aliphatic heterocycles. The highest BCUT2D eigenvalue weighted by molar-refractivity contribution is 6.31. The maximum absolute atomic E-state index is 6.30. The number of benzene rings is 1. The van der Waals surface area contributed by atoms with E-state index in [0.717, 1.165) is 22.0 Å². The molecule has 90 valence electrons. The summed E-state index contributed by atoms with van der Waals surface area (Å²) in [5.41, 5.74) is 2.21. The van der Waals surface area contributed by atoms with Crippen molar-refractivity contribution in [2.45, 2.75) is 13.0 Å². The summed E-state index contributed by atoms with van der Waals surface area (Å²) < 4.78 is 2.00. The van der Waals surface area contributed by atoms with Crippen molar-refractivity contribution < 1.29 is 0 Å². The van der Waals surface area contributed by atoms with Crippen LogP contribution in [0.5, 0.6) is 0 Å². The van der Waals surface area contributed by atoms with Gasteiger partial charge in [-0.25, -0.2) is 4.98 Å². The topological polar surface area (TPSA) is 29.9 Å². The number of imidazole rings is 1. The molecule has 1 heterocycles. The van der Waals surface area contributed by atoms with Crippen LogP contribution in [0.1, 0.15) is 23.0 Å². The molecule has 0 bridgehead atoms. The lowest BCUT2D eigenvalue weighted by Gasteiger charge is -2.18. The number of aryl methyl sites for hydroxylation is 2. The largest absolute Gasteiger partial charge is 0.336 e. The van der Waals surface area contributed by atoms with Crippen molar-refractivity contribution in [1.29, 1.82) is 0 Å². The van der Waals surface area contributed by atoms with Gasteiger partial charge in [-0.15, -0.1) is 0 Å². The molecule has 0 aliphatic rings. The molecule has 1 aromatic carbocycles. The van der Waals surface area contributed by atoms with Crippen LogP contribution in [-0.4, -0.2) is 16.6 Å². The van der Waals surface area contributed by atoms with Gasteiger partial charge in [0.05, 0.1) is 6.04 Å².